The highest BCUT2D eigenvalue weighted by Crippen LogP contribution is 2.27. The summed E-state index contributed by atoms with van der Waals surface area (Å²) in [5, 5.41) is 3.21. The van der Waals surface area contributed by atoms with Crippen molar-refractivity contribution in [1.82, 2.24) is 4.72 Å². The SMILES string of the molecule is COc1ccc(NC(=O)CCc2ccc(S(=O)(=O)N[C@@H](C)c3ccccc3)cc2)cc1Cl. The number of benzene rings is 3. The standard InChI is InChI=1S/C24H25ClN2O4S/c1-17(19-6-4-3-5-7-19)27-32(29,30)21-12-8-18(9-13-21)10-15-24(28)26-20-11-14-23(31-2)22(25)16-20/h3-9,11-14,16-17,27H,10,15H2,1-2H3,(H,26,28)/t17-/m0/s1. The fraction of sp³-hybridized carbons (Fsp3) is 0.208. The van der Waals surface area contributed by atoms with E-state index in [-0.39, 0.29) is 23.3 Å². The van der Waals surface area contributed by atoms with Crippen molar-refractivity contribution in [3.05, 3.63) is 88.9 Å². The number of carbonyl (C=O) groups excluding carboxylic acids is 1. The fourth-order valence-electron chi connectivity index (χ4n) is 3.17. The molecule has 0 saturated carbocycles. The molecule has 1 amide bonds. The number of amides is 1. The number of nitrogens with one attached hydrogen (secondary N) is 2. The number of carbonyl (C=O) groups is 1. The van der Waals surface area contributed by atoms with Crippen molar-refractivity contribution in [1.29, 1.82) is 0 Å². The van der Waals surface area contributed by atoms with Crippen molar-refractivity contribution in [3.63, 3.8) is 0 Å². The van der Waals surface area contributed by atoms with Crippen molar-refractivity contribution in [3.8, 4) is 5.75 Å². The molecule has 0 unspecified atom stereocenters. The van der Waals surface area contributed by atoms with Gasteiger partial charge in [0, 0.05) is 18.2 Å². The number of hydrogen-bond donors (Lipinski definition) is 2. The van der Waals surface area contributed by atoms with E-state index in [0.29, 0.717) is 22.9 Å². The van der Waals surface area contributed by atoms with Crippen LogP contribution >= 0.6 is 11.6 Å². The monoisotopic (exact) mass is 472 g/mol. The second-order valence-corrected chi connectivity index (χ2v) is 9.42. The molecule has 32 heavy (non-hydrogen) atoms. The normalized spacial score (nSPS) is 12.2. The van der Waals surface area contributed by atoms with E-state index in [1.54, 1.807) is 49.4 Å². The largest absolute Gasteiger partial charge is 0.495 e. The van der Waals surface area contributed by atoms with Crippen LogP contribution < -0.4 is 14.8 Å². The van der Waals surface area contributed by atoms with Gasteiger partial charge >= 0.3 is 0 Å². The molecule has 0 spiro atoms. The Labute approximate surface area is 193 Å². The van der Waals surface area contributed by atoms with E-state index in [1.165, 1.54) is 7.11 Å². The molecule has 0 saturated heterocycles. The number of anilines is 1. The number of halogens is 1. The van der Waals surface area contributed by atoms with Crippen LogP contribution in [0.2, 0.25) is 5.02 Å². The van der Waals surface area contributed by atoms with E-state index in [1.807, 2.05) is 30.3 Å². The second-order valence-electron chi connectivity index (χ2n) is 7.30. The summed E-state index contributed by atoms with van der Waals surface area (Å²) in [7, 11) is -2.13. The Morgan fingerprint density at radius 1 is 1.03 bits per heavy atom. The van der Waals surface area contributed by atoms with Crippen LogP contribution in [0.25, 0.3) is 0 Å². The van der Waals surface area contributed by atoms with Gasteiger partial charge < -0.3 is 10.1 Å². The summed E-state index contributed by atoms with van der Waals surface area (Å²) in [6.07, 6.45) is 0.725. The maximum Gasteiger partial charge on any atom is 0.241 e. The Hall–Kier alpha value is -2.87. The summed E-state index contributed by atoms with van der Waals surface area (Å²) in [5.41, 5.74) is 2.33. The first-order chi connectivity index (χ1) is 15.3. The van der Waals surface area contributed by atoms with Gasteiger partial charge in [-0.05, 0) is 54.8 Å². The Balaban J connectivity index is 1.56. The highest BCUT2D eigenvalue weighted by Gasteiger charge is 2.18. The van der Waals surface area contributed by atoms with E-state index >= 15 is 0 Å². The molecule has 0 fully saturated rings. The number of methoxy groups -OCH3 is 1. The van der Waals surface area contributed by atoms with Gasteiger partial charge in [0.25, 0.3) is 0 Å². The van der Waals surface area contributed by atoms with E-state index in [9.17, 15) is 13.2 Å². The van der Waals surface area contributed by atoms with Gasteiger partial charge in [0.15, 0.2) is 0 Å². The van der Waals surface area contributed by atoms with E-state index in [4.69, 9.17) is 16.3 Å². The van der Waals surface area contributed by atoms with Gasteiger partial charge in [-0.25, -0.2) is 13.1 Å². The lowest BCUT2D eigenvalue weighted by atomic mass is 10.1. The molecule has 0 aliphatic heterocycles. The Morgan fingerprint density at radius 2 is 1.72 bits per heavy atom. The molecule has 0 heterocycles. The lowest BCUT2D eigenvalue weighted by molar-refractivity contribution is -0.116. The number of hydrogen-bond acceptors (Lipinski definition) is 4. The average Bonchev–Trinajstić information content (AvgIpc) is 2.78. The predicted molar refractivity (Wildman–Crippen MR) is 127 cm³/mol. The van der Waals surface area contributed by atoms with E-state index in [0.717, 1.165) is 11.1 Å². The maximum absolute atomic E-state index is 12.7. The summed E-state index contributed by atoms with van der Waals surface area (Å²) in [5.74, 6) is 0.369. The number of aryl methyl sites for hydroxylation is 1. The van der Waals surface area contributed by atoms with Crippen LogP contribution in [0.4, 0.5) is 5.69 Å². The first-order valence-electron chi connectivity index (χ1n) is 10.1. The van der Waals surface area contributed by atoms with Crippen LogP contribution in [0, 0.1) is 0 Å². The first-order valence-corrected chi connectivity index (χ1v) is 11.9. The third-order valence-electron chi connectivity index (χ3n) is 4.94. The highest BCUT2D eigenvalue weighted by atomic mass is 35.5. The summed E-state index contributed by atoms with van der Waals surface area (Å²) in [4.78, 5) is 12.4. The lowest BCUT2D eigenvalue weighted by Crippen LogP contribution is -2.26. The van der Waals surface area contributed by atoms with Gasteiger partial charge in [-0.15, -0.1) is 0 Å². The predicted octanol–water partition coefficient (Wildman–Crippen LogP) is 4.96. The second kappa shape index (κ2) is 10.6. The Bertz CT molecular complexity index is 1170. The molecule has 3 aromatic rings. The molecule has 6 nitrogen and oxygen atoms in total. The molecule has 0 radical (unpaired) electrons. The van der Waals surface area contributed by atoms with Crippen LogP contribution in [0.3, 0.4) is 0 Å². The zero-order chi connectivity index (χ0) is 23.1. The minimum Gasteiger partial charge on any atom is -0.495 e. The maximum atomic E-state index is 12.7. The van der Waals surface area contributed by atoms with Gasteiger partial charge in [0.2, 0.25) is 15.9 Å². The molecule has 8 heteroatoms. The minimum absolute atomic E-state index is 0.165. The zero-order valence-electron chi connectivity index (χ0n) is 17.8. The van der Waals surface area contributed by atoms with Crippen LogP contribution in [-0.4, -0.2) is 21.4 Å². The molecule has 3 rings (SSSR count). The van der Waals surface area contributed by atoms with Crippen molar-refractivity contribution in [2.45, 2.75) is 30.7 Å². The van der Waals surface area contributed by atoms with Gasteiger partial charge in [-0.3, -0.25) is 4.79 Å². The fourth-order valence-corrected chi connectivity index (χ4v) is 4.66. The Morgan fingerprint density at radius 3 is 2.34 bits per heavy atom. The highest BCUT2D eigenvalue weighted by molar-refractivity contribution is 7.89. The van der Waals surface area contributed by atoms with Crippen molar-refractivity contribution in [2.75, 3.05) is 12.4 Å². The van der Waals surface area contributed by atoms with Crippen LogP contribution in [0.5, 0.6) is 5.75 Å². The van der Waals surface area contributed by atoms with E-state index < -0.39 is 10.0 Å². The smallest absolute Gasteiger partial charge is 0.241 e. The summed E-state index contributed by atoms with van der Waals surface area (Å²) in [6, 6.07) is 20.6. The molecule has 3 aromatic carbocycles. The van der Waals surface area contributed by atoms with Gasteiger partial charge in [0.1, 0.15) is 5.75 Å². The quantitative estimate of drug-likeness (QED) is 0.461. The molecule has 0 aliphatic carbocycles. The zero-order valence-corrected chi connectivity index (χ0v) is 19.4. The van der Waals surface area contributed by atoms with E-state index in [2.05, 4.69) is 10.0 Å². The number of ether oxygens (including phenoxy) is 1. The van der Waals surface area contributed by atoms with Crippen LogP contribution in [-0.2, 0) is 21.2 Å². The van der Waals surface area contributed by atoms with Crippen molar-refractivity contribution < 1.29 is 17.9 Å². The average molecular weight is 473 g/mol. The molecular formula is C24H25ClN2O4S. The third-order valence-corrected chi connectivity index (χ3v) is 6.79. The van der Waals surface area contributed by atoms with Gasteiger partial charge in [0.05, 0.1) is 17.0 Å². The topological polar surface area (TPSA) is 84.5 Å². The van der Waals surface area contributed by atoms with Crippen molar-refractivity contribution in [2.24, 2.45) is 0 Å². The minimum atomic E-state index is -3.66. The molecule has 0 bridgehead atoms. The van der Waals surface area contributed by atoms with Crippen LogP contribution in [0.15, 0.2) is 77.7 Å². The van der Waals surface area contributed by atoms with Gasteiger partial charge in [-0.1, -0.05) is 54.1 Å². The summed E-state index contributed by atoms with van der Waals surface area (Å²) in [6.45, 7) is 1.80. The number of sulfonamides is 1. The lowest BCUT2D eigenvalue weighted by Gasteiger charge is -2.15. The molecule has 0 aliphatic rings. The first kappa shape index (κ1) is 23.8. The molecule has 2 N–H and O–H groups in total. The molecule has 168 valence electrons. The third kappa shape index (κ3) is 6.32. The number of rotatable bonds is 9. The molecule has 0 aromatic heterocycles. The Kier molecular flexibility index (Phi) is 7.90. The molecular weight excluding hydrogens is 448 g/mol. The molecule has 1 atom stereocenters. The van der Waals surface area contributed by atoms with Crippen LogP contribution in [0.1, 0.15) is 30.5 Å². The van der Waals surface area contributed by atoms with Crippen molar-refractivity contribution >= 4 is 33.2 Å². The van der Waals surface area contributed by atoms with Gasteiger partial charge in [-0.2, -0.15) is 0 Å². The summed E-state index contributed by atoms with van der Waals surface area (Å²) >= 11 is 6.07. The summed E-state index contributed by atoms with van der Waals surface area (Å²) < 4.78 is 33.1.